The summed E-state index contributed by atoms with van der Waals surface area (Å²) in [7, 11) is 1.60. The van der Waals surface area contributed by atoms with Gasteiger partial charge in [-0.15, -0.1) is 0 Å². The average Bonchev–Trinajstić information content (AvgIpc) is 2.77. The Kier molecular flexibility index (Phi) is 6.69. The molecule has 150 valence electrons. The molecule has 1 heterocycles. The smallest absolute Gasteiger partial charge is 0.263 e. The van der Waals surface area contributed by atoms with Crippen LogP contribution in [0.1, 0.15) is 5.56 Å². The van der Waals surface area contributed by atoms with E-state index in [0.717, 1.165) is 30.1 Å². The molecule has 0 aromatic heterocycles. The van der Waals surface area contributed by atoms with Gasteiger partial charge in [-0.05, 0) is 42.0 Å². The maximum atomic E-state index is 13.1. The van der Waals surface area contributed by atoms with Crippen LogP contribution >= 0.6 is 0 Å². The van der Waals surface area contributed by atoms with Crippen LogP contribution in [0.15, 0.2) is 60.3 Å². The first-order chi connectivity index (χ1) is 14.1. The second-order valence-corrected chi connectivity index (χ2v) is 6.68. The summed E-state index contributed by atoms with van der Waals surface area (Å²) >= 11 is 0. The summed E-state index contributed by atoms with van der Waals surface area (Å²) in [6.45, 7) is 3.14. The van der Waals surface area contributed by atoms with Crippen molar-refractivity contribution >= 4 is 11.6 Å². The minimum absolute atomic E-state index is 0.0775. The highest BCUT2D eigenvalue weighted by molar-refractivity contribution is 5.97. The number of rotatable bonds is 6. The van der Waals surface area contributed by atoms with Gasteiger partial charge in [-0.3, -0.25) is 4.79 Å². The molecule has 1 saturated heterocycles. The summed E-state index contributed by atoms with van der Waals surface area (Å²) in [6.07, 6.45) is 1.62. The summed E-state index contributed by atoms with van der Waals surface area (Å²) in [5.41, 5.74) is 1.96. The summed E-state index contributed by atoms with van der Waals surface area (Å²) in [4.78, 5) is 16.5. The van der Waals surface area contributed by atoms with Crippen molar-refractivity contribution in [3.8, 4) is 11.8 Å². The highest BCUT2D eigenvalue weighted by atomic mass is 19.1. The first-order valence-electron chi connectivity index (χ1n) is 9.36. The number of nitrogens with one attached hydrogen (secondary N) is 1. The molecule has 0 unspecified atom stereocenters. The summed E-state index contributed by atoms with van der Waals surface area (Å²) in [5.74, 6) is 0.0939. The molecular weight excluding hydrogens is 371 g/mol. The van der Waals surface area contributed by atoms with Gasteiger partial charge in [0, 0.05) is 44.6 Å². The maximum Gasteiger partial charge on any atom is 0.263 e. The van der Waals surface area contributed by atoms with Crippen LogP contribution in [0.25, 0.3) is 0 Å². The lowest BCUT2D eigenvalue weighted by atomic mass is 10.2. The van der Waals surface area contributed by atoms with Crippen LogP contribution in [-0.4, -0.2) is 44.1 Å². The first kappa shape index (κ1) is 20.2. The predicted molar refractivity (Wildman–Crippen MR) is 109 cm³/mol. The number of carbonyl (C=O) groups excluding carboxylic acids is 1. The van der Waals surface area contributed by atoms with E-state index in [1.165, 1.54) is 12.1 Å². The standard InChI is InChI=1S/C22H23FN4O2/c1-29-21-8-2-17(3-9-21)15-25-22(28)18(14-24)16-26-10-12-27(13-11-26)20-6-4-19(23)5-7-20/h2-9,16H,10-13,15H2,1H3,(H,25,28). The molecule has 1 N–H and O–H groups in total. The van der Waals surface area contributed by atoms with Gasteiger partial charge in [0.2, 0.25) is 0 Å². The Bertz CT molecular complexity index is 896. The molecule has 3 rings (SSSR count). The molecule has 0 spiro atoms. The fraction of sp³-hybridized carbons (Fsp3) is 0.273. The molecule has 6 nitrogen and oxygen atoms in total. The maximum absolute atomic E-state index is 13.1. The number of hydrogen-bond acceptors (Lipinski definition) is 5. The van der Waals surface area contributed by atoms with Gasteiger partial charge in [-0.1, -0.05) is 12.1 Å². The zero-order valence-electron chi connectivity index (χ0n) is 16.3. The van der Waals surface area contributed by atoms with E-state index in [1.807, 2.05) is 35.2 Å². The lowest BCUT2D eigenvalue weighted by Crippen LogP contribution is -2.44. The van der Waals surface area contributed by atoms with Crippen molar-refractivity contribution in [2.24, 2.45) is 0 Å². The van der Waals surface area contributed by atoms with Crippen LogP contribution in [0, 0.1) is 17.1 Å². The third-order valence-electron chi connectivity index (χ3n) is 4.79. The molecule has 0 radical (unpaired) electrons. The highest BCUT2D eigenvalue weighted by Crippen LogP contribution is 2.17. The summed E-state index contributed by atoms with van der Waals surface area (Å²) < 4.78 is 18.2. The number of nitrogens with zero attached hydrogens (tertiary/aromatic N) is 3. The van der Waals surface area contributed by atoms with Gasteiger partial charge in [0.15, 0.2) is 0 Å². The molecular formula is C22H23FN4O2. The van der Waals surface area contributed by atoms with Gasteiger partial charge in [-0.25, -0.2) is 4.39 Å². The number of anilines is 1. The van der Waals surface area contributed by atoms with E-state index in [2.05, 4.69) is 10.2 Å². The third kappa shape index (κ3) is 5.48. The van der Waals surface area contributed by atoms with E-state index < -0.39 is 5.91 Å². The van der Waals surface area contributed by atoms with Gasteiger partial charge in [0.25, 0.3) is 5.91 Å². The van der Waals surface area contributed by atoms with Crippen molar-refractivity contribution in [1.29, 1.82) is 5.26 Å². The van der Waals surface area contributed by atoms with Crippen molar-refractivity contribution in [1.82, 2.24) is 10.2 Å². The van der Waals surface area contributed by atoms with E-state index in [9.17, 15) is 14.4 Å². The third-order valence-corrected chi connectivity index (χ3v) is 4.79. The van der Waals surface area contributed by atoms with E-state index in [1.54, 1.807) is 25.4 Å². The Morgan fingerprint density at radius 2 is 1.79 bits per heavy atom. The van der Waals surface area contributed by atoms with Crippen LogP contribution in [0.5, 0.6) is 5.75 Å². The van der Waals surface area contributed by atoms with Crippen LogP contribution in [-0.2, 0) is 11.3 Å². The molecule has 0 bridgehead atoms. The summed E-state index contributed by atoms with van der Waals surface area (Å²) in [5, 5.41) is 12.2. The predicted octanol–water partition coefficient (Wildman–Crippen LogP) is 2.68. The molecule has 1 aliphatic rings. The zero-order valence-corrected chi connectivity index (χ0v) is 16.3. The Hall–Kier alpha value is -3.53. The van der Waals surface area contributed by atoms with Crippen molar-refractivity contribution in [2.75, 3.05) is 38.2 Å². The number of carbonyl (C=O) groups is 1. The van der Waals surface area contributed by atoms with Gasteiger partial charge in [0.1, 0.15) is 23.2 Å². The van der Waals surface area contributed by atoms with Crippen LogP contribution in [0.3, 0.4) is 0 Å². The number of piperazine rings is 1. The van der Waals surface area contributed by atoms with Crippen molar-refractivity contribution < 1.29 is 13.9 Å². The number of methoxy groups -OCH3 is 1. The number of amides is 1. The van der Waals surface area contributed by atoms with E-state index in [0.29, 0.717) is 19.6 Å². The van der Waals surface area contributed by atoms with Gasteiger partial charge in [0.05, 0.1) is 7.11 Å². The van der Waals surface area contributed by atoms with Gasteiger partial charge >= 0.3 is 0 Å². The van der Waals surface area contributed by atoms with Crippen molar-refractivity contribution in [2.45, 2.75) is 6.54 Å². The van der Waals surface area contributed by atoms with Crippen LogP contribution < -0.4 is 15.0 Å². The number of benzene rings is 2. The highest BCUT2D eigenvalue weighted by Gasteiger charge is 2.17. The molecule has 1 amide bonds. The number of halogens is 1. The Balaban J connectivity index is 1.53. The molecule has 1 aliphatic heterocycles. The summed E-state index contributed by atoms with van der Waals surface area (Å²) in [6, 6.07) is 15.8. The van der Waals surface area contributed by atoms with E-state index in [-0.39, 0.29) is 11.4 Å². The monoisotopic (exact) mass is 394 g/mol. The van der Waals surface area contributed by atoms with Gasteiger partial charge < -0.3 is 19.9 Å². The fourth-order valence-electron chi connectivity index (χ4n) is 3.10. The minimum atomic E-state index is -0.399. The van der Waals surface area contributed by atoms with Crippen molar-refractivity contribution in [3.05, 3.63) is 71.7 Å². The SMILES string of the molecule is COc1ccc(CNC(=O)C(C#N)=CN2CCN(c3ccc(F)cc3)CC2)cc1. The number of ether oxygens (including phenoxy) is 1. The molecule has 0 atom stereocenters. The van der Waals surface area contributed by atoms with Crippen LogP contribution in [0.2, 0.25) is 0 Å². The molecule has 2 aromatic rings. The molecule has 1 fully saturated rings. The topological polar surface area (TPSA) is 68.6 Å². The molecule has 0 saturated carbocycles. The van der Waals surface area contributed by atoms with Gasteiger partial charge in [-0.2, -0.15) is 5.26 Å². The second kappa shape index (κ2) is 9.60. The lowest BCUT2D eigenvalue weighted by Gasteiger charge is -2.35. The number of nitriles is 1. The Labute approximate surface area is 169 Å². The second-order valence-electron chi connectivity index (χ2n) is 6.68. The quantitative estimate of drug-likeness (QED) is 0.603. The average molecular weight is 394 g/mol. The Morgan fingerprint density at radius 1 is 1.14 bits per heavy atom. The molecule has 0 aliphatic carbocycles. The number of hydrogen-bond donors (Lipinski definition) is 1. The largest absolute Gasteiger partial charge is 0.497 e. The fourth-order valence-corrected chi connectivity index (χ4v) is 3.10. The van der Waals surface area contributed by atoms with Crippen LogP contribution in [0.4, 0.5) is 10.1 Å². The van der Waals surface area contributed by atoms with Crippen molar-refractivity contribution in [3.63, 3.8) is 0 Å². The normalized spacial score (nSPS) is 14.3. The zero-order chi connectivity index (χ0) is 20.6. The molecule has 7 heteroatoms. The van der Waals surface area contributed by atoms with E-state index in [4.69, 9.17) is 4.74 Å². The molecule has 29 heavy (non-hydrogen) atoms. The first-order valence-corrected chi connectivity index (χ1v) is 9.36. The Morgan fingerprint density at radius 3 is 2.38 bits per heavy atom. The lowest BCUT2D eigenvalue weighted by molar-refractivity contribution is -0.117. The minimum Gasteiger partial charge on any atom is -0.497 e. The van der Waals surface area contributed by atoms with E-state index >= 15 is 0 Å². The molecule has 2 aromatic carbocycles.